The van der Waals surface area contributed by atoms with Crippen molar-refractivity contribution in [1.82, 2.24) is 0 Å². The molecule has 1 heterocycles. The van der Waals surface area contributed by atoms with Gasteiger partial charge in [-0.1, -0.05) is 18.2 Å². The maximum absolute atomic E-state index is 13.5. The van der Waals surface area contributed by atoms with E-state index < -0.39 is 6.10 Å². The number of carbonyl (C=O) groups is 2. The molecule has 5 nitrogen and oxygen atoms in total. The molecule has 0 spiro atoms. The Balaban J connectivity index is 1.60. The van der Waals surface area contributed by atoms with Crippen molar-refractivity contribution in [1.29, 1.82) is 0 Å². The van der Waals surface area contributed by atoms with Crippen molar-refractivity contribution in [3.8, 4) is 0 Å². The molecular weight excluding hydrogens is 515 g/mol. The molecule has 0 aromatic heterocycles. The third kappa shape index (κ3) is 4.56. The van der Waals surface area contributed by atoms with Crippen LogP contribution < -0.4 is 10.2 Å². The van der Waals surface area contributed by atoms with E-state index in [-0.39, 0.29) is 11.8 Å². The second kappa shape index (κ2) is 9.42. The highest BCUT2D eigenvalue weighted by Gasteiger charge is 2.27. The Labute approximate surface area is 201 Å². The standard InChI is InChI=1S/C26H25IN2O3/c1-16-6-3-4-7-20(16)25(31)28-19-10-11-21(17(2)14-19)26(32)29-13-5-8-24(30)22-15-18(27)9-12-23(22)29/h3-4,6-7,9-12,14-15,24,30H,5,8,13H2,1-2H3,(H,28,31). The maximum atomic E-state index is 13.5. The van der Waals surface area contributed by atoms with Gasteiger partial charge in [0.1, 0.15) is 0 Å². The molecule has 164 valence electrons. The number of rotatable bonds is 3. The van der Waals surface area contributed by atoms with Crippen LogP contribution in [0.5, 0.6) is 0 Å². The normalized spacial score (nSPS) is 15.6. The van der Waals surface area contributed by atoms with Crippen molar-refractivity contribution >= 4 is 45.8 Å². The molecule has 4 rings (SSSR count). The van der Waals surface area contributed by atoms with Gasteiger partial charge in [0, 0.05) is 38.2 Å². The van der Waals surface area contributed by atoms with Crippen LogP contribution in [0.3, 0.4) is 0 Å². The van der Waals surface area contributed by atoms with E-state index in [0.29, 0.717) is 29.8 Å². The Hall–Kier alpha value is -2.71. The Morgan fingerprint density at radius 2 is 1.78 bits per heavy atom. The molecule has 2 N–H and O–H groups in total. The molecule has 6 heteroatoms. The van der Waals surface area contributed by atoms with Crippen LogP contribution in [0.1, 0.15) is 56.4 Å². The summed E-state index contributed by atoms with van der Waals surface area (Å²) in [5.41, 5.74) is 5.10. The van der Waals surface area contributed by atoms with Crippen molar-refractivity contribution in [3.63, 3.8) is 0 Å². The van der Waals surface area contributed by atoms with Gasteiger partial charge in [0.25, 0.3) is 11.8 Å². The van der Waals surface area contributed by atoms with Gasteiger partial charge in [-0.3, -0.25) is 9.59 Å². The number of carbonyl (C=O) groups excluding carboxylic acids is 2. The number of hydrogen-bond acceptors (Lipinski definition) is 3. The molecule has 32 heavy (non-hydrogen) atoms. The second-order valence-electron chi connectivity index (χ2n) is 8.12. The first-order chi connectivity index (χ1) is 15.3. The number of aliphatic hydroxyl groups excluding tert-OH is 1. The van der Waals surface area contributed by atoms with Crippen LogP contribution in [0, 0.1) is 17.4 Å². The average molecular weight is 540 g/mol. The molecule has 0 saturated carbocycles. The van der Waals surface area contributed by atoms with E-state index in [1.807, 2.05) is 56.3 Å². The SMILES string of the molecule is Cc1ccccc1C(=O)Nc1ccc(C(=O)N2CCCC(O)c3cc(I)ccc32)c(C)c1. The van der Waals surface area contributed by atoms with Crippen LogP contribution in [0.25, 0.3) is 0 Å². The van der Waals surface area contributed by atoms with Crippen LogP contribution in [-0.2, 0) is 0 Å². The lowest BCUT2D eigenvalue weighted by Gasteiger charge is -2.24. The van der Waals surface area contributed by atoms with Crippen LogP contribution in [0.4, 0.5) is 11.4 Å². The predicted molar refractivity (Wildman–Crippen MR) is 135 cm³/mol. The zero-order valence-corrected chi connectivity index (χ0v) is 20.2. The zero-order valence-electron chi connectivity index (χ0n) is 18.1. The Bertz CT molecular complexity index is 1190. The summed E-state index contributed by atoms with van der Waals surface area (Å²) in [6, 6.07) is 18.6. The van der Waals surface area contributed by atoms with Gasteiger partial charge < -0.3 is 15.3 Å². The molecule has 0 saturated heterocycles. The molecule has 0 aliphatic carbocycles. The van der Waals surface area contributed by atoms with Crippen LogP contribution >= 0.6 is 22.6 Å². The lowest BCUT2D eigenvalue weighted by atomic mass is 10.0. The van der Waals surface area contributed by atoms with E-state index in [1.165, 1.54) is 0 Å². The quantitative estimate of drug-likeness (QED) is 0.423. The molecule has 0 radical (unpaired) electrons. The molecule has 0 bridgehead atoms. The highest BCUT2D eigenvalue weighted by atomic mass is 127. The van der Waals surface area contributed by atoms with E-state index in [1.54, 1.807) is 23.1 Å². The summed E-state index contributed by atoms with van der Waals surface area (Å²) in [4.78, 5) is 27.9. The minimum Gasteiger partial charge on any atom is -0.388 e. The number of anilines is 2. The minimum atomic E-state index is -0.572. The van der Waals surface area contributed by atoms with Gasteiger partial charge in [0.2, 0.25) is 0 Å². The molecule has 1 atom stereocenters. The topological polar surface area (TPSA) is 69.6 Å². The number of benzene rings is 3. The fraction of sp³-hybridized carbons (Fsp3) is 0.231. The fourth-order valence-electron chi connectivity index (χ4n) is 4.12. The van der Waals surface area contributed by atoms with Gasteiger partial charge in [-0.2, -0.15) is 0 Å². The first kappa shape index (κ1) is 22.5. The first-order valence-electron chi connectivity index (χ1n) is 10.6. The number of amides is 2. The van der Waals surface area contributed by atoms with Crippen molar-refractivity contribution in [3.05, 3.63) is 92.1 Å². The lowest BCUT2D eigenvalue weighted by Crippen LogP contribution is -2.32. The number of nitrogens with zero attached hydrogens (tertiary/aromatic N) is 1. The maximum Gasteiger partial charge on any atom is 0.258 e. The monoisotopic (exact) mass is 540 g/mol. The van der Waals surface area contributed by atoms with Crippen molar-refractivity contribution in [2.75, 3.05) is 16.8 Å². The summed E-state index contributed by atoms with van der Waals surface area (Å²) >= 11 is 2.22. The predicted octanol–water partition coefficient (Wildman–Crippen LogP) is 5.63. The third-order valence-corrected chi connectivity index (χ3v) is 6.52. The van der Waals surface area contributed by atoms with Gasteiger partial charge in [-0.25, -0.2) is 0 Å². The summed E-state index contributed by atoms with van der Waals surface area (Å²) in [7, 11) is 0. The summed E-state index contributed by atoms with van der Waals surface area (Å²) < 4.78 is 1.03. The summed E-state index contributed by atoms with van der Waals surface area (Å²) in [5, 5.41) is 13.5. The minimum absolute atomic E-state index is 0.101. The van der Waals surface area contributed by atoms with Crippen LogP contribution in [0.2, 0.25) is 0 Å². The number of halogens is 1. The van der Waals surface area contributed by atoms with Gasteiger partial charge in [-0.15, -0.1) is 0 Å². The third-order valence-electron chi connectivity index (χ3n) is 5.85. The van der Waals surface area contributed by atoms with E-state index in [2.05, 4.69) is 27.9 Å². The molecular formula is C26H25IN2O3. The zero-order chi connectivity index (χ0) is 22.8. The smallest absolute Gasteiger partial charge is 0.258 e. The summed E-state index contributed by atoms with van der Waals surface area (Å²) in [6.07, 6.45) is 0.777. The van der Waals surface area contributed by atoms with Gasteiger partial charge in [-0.05, 0) is 103 Å². The molecule has 3 aromatic carbocycles. The fourth-order valence-corrected chi connectivity index (χ4v) is 4.64. The largest absolute Gasteiger partial charge is 0.388 e. The first-order valence-corrected chi connectivity index (χ1v) is 11.7. The van der Waals surface area contributed by atoms with Crippen molar-refractivity contribution < 1.29 is 14.7 Å². The average Bonchev–Trinajstić information content (AvgIpc) is 2.92. The number of fused-ring (bicyclic) bond motifs is 1. The van der Waals surface area contributed by atoms with Crippen molar-refractivity contribution in [2.45, 2.75) is 32.8 Å². The highest BCUT2D eigenvalue weighted by molar-refractivity contribution is 14.1. The van der Waals surface area contributed by atoms with E-state index in [4.69, 9.17) is 0 Å². The Morgan fingerprint density at radius 1 is 1.00 bits per heavy atom. The Kier molecular flexibility index (Phi) is 6.62. The highest BCUT2D eigenvalue weighted by Crippen LogP contribution is 2.35. The van der Waals surface area contributed by atoms with Gasteiger partial charge in [0.15, 0.2) is 0 Å². The van der Waals surface area contributed by atoms with E-state index >= 15 is 0 Å². The second-order valence-corrected chi connectivity index (χ2v) is 9.36. The molecule has 1 aliphatic rings. The molecule has 1 aliphatic heterocycles. The number of aryl methyl sites for hydroxylation is 2. The van der Waals surface area contributed by atoms with E-state index in [9.17, 15) is 14.7 Å². The molecule has 0 fully saturated rings. The number of hydrogen-bond donors (Lipinski definition) is 2. The van der Waals surface area contributed by atoms with Crippen LogP contribution in [0.15, 0.2) is 60.7 Å². The van der Waals surface area contributed by atoms with E-state index in [0.717, 1.165) is 32.4 Å². The lowest BCUT2D eigenvalue weighted by molar-refractivity contribution is 0.0985. The number of aliphatic hydroxyl groups is 1. The summed E-state index contributed by atoms with van der Waals surface area (Å²) in [6.45, 7) is 4.33. The molecule has 3 aromatic rings. The van der Waals surface area contributed by atoms with Crippen molar-refractivity contribution in [2.24, 2.45) is 0 Å². The number of nitrogens with one attached hydrogen (secondary N) is 1. The van der Waals surface area contributed by atoms with Gasteiger partial charge >= 0.3 is 0 Å². The molecule has 2 amide bonds. The molecule has 1 unspecified atom stereocenters. The van der Waals surface area contributed by atoms with Crippen LogP contribution in [-0.4, -0.2) is 23.5 Å². The Morgan fingerprint density at radius 3 is 2.53 bits per heavy atom. The summed E-state index contributed by atoms with van der Waals surface area (Å²) in [5.74, 6) is -0.276. The van der Waals surface area contributed by atoms with Gasteiger partial charge in [0.05, 0.1) is 6.10 Å².